The number of nitrogens with one attached hydrogen (secondary N) is 1. The molecule has 0 fully saturated rings. The third-order valence-corrected chi connectivity index (χ3v) is 1.66. The lowest BCUT2D eigenvalue weighted by molar-refractivity contribution is -0.144. The van der Waals surface area contributed by atoms with Crippen LogP contribution in [0.2, 0.25) is 0 Å². The van der Waals surface area contributed by atoms with Crippen LogP contribution in [-0.2, 0) is 14.3 Å². The average Bonchev–Trinajstić information content (AvgIpc) is 2.03. The quantitative estimate of drug-likeness (QED) is 0.664. The van der Waals surface area contributed by atoms with Gasteiger partial charge in [0, 0.05) is 6.54 Å². The van der Waals surface area contributed by atoms with E-state index in [1.165, 1.54) is 21.0 Å². The van der Waals surface area contributed by atoms with Crippen LogP contribution in [0.1, 0.15) is 20.3 Å². The fourth-order valence-electron chi connectivity index (χ4n) is 0.655. The Morgan fingerprint density at radius 1 is 1.43 bits per heavy atom. The highest BCUT2D eigenvalue weighted by molar-refractivity contribution is 5.85. The Morgan fingerprint density at radius 2 is 1.93 bits per heavy atom. The van der Waals surface area contributed by atoms with Crippen molar-refractivity contribution in [3.05, 3.63) is 0 Å². The second-order valence-corrected chi connectivity index (χ2v) is 3.18. The molecule has 0 spiro atoms. The minimum absolute atomic E-state index is 0. The van der Waals surface area contributed by atoms with E-state index in [4.69, 9.17) is 5.11 Å². The molecule has 84 valence electrons. The lowest BCUT2D eigenvalue weighted by Crippen LogP contribution is -2.47. The Bertz CT molecular complexity index is 206. The summed E-state index contributed by atoms with van der Waals surface area (Å²) in [5.41, 5.74) is -1.01. The maximum atomic E-state index is 10.7. The van der Waals surface area contributed by atoms with E-state index in [1.807, 2.05) is 0 Å². The molecule has 14 heavy (non-hydrogen) atoms. The number of halogens is 1. The summed E-state index contributed by atoms with van der Waals surface area (Å²) in [4.78, 5) is 21.2. The molecule has 0 aromatic rings. The van der Waals surface area contributed by atoms with Gasteiger partial charge in [0.15, 0.2) is 0 Å². The van der Waals surface area contributed by atoms with Gasteiger partial charge in [0.05, 0.1) is 13.5 Å². The van der Waals surface area contributed by atoms with E-state index >= 15 is 0 Å². The van der Waals surface area contributed by atoms with Gasteiger partial charge in [-0.2, -0.15) is 0 Å². The Balaban J connectivity index is 0. The topological polar surface area (TPSA) is 75.6 Å². The van der Waals surface area contributed by atoms with Crippen molar-refractivity contribution in [2.24, 2.45) is 0 Å². The second-order valence-electron chi connectivity index (χ2n) is 3.18. The molecular weight excluding hydrogens is 210 g/mol. The zero-order valence-electron chi connectivity index (χ0n) is 8.49. The van der Waals surface area contributed by atoms with Crippen LogP contribution in [0.25, 0.3) is 0 Å². The average molecular weight is 226 g/mol. The van der Waals surface area contributed by atoms with Crippen LogP contribution >= 0.6 is 12.4 Å². The van der Waals surface area contributed by atoms with Crippen LogP contribution in [-0.4, -0.2) is 36.2 Å². The Morgan fingerprint density at radius 3 is 2.29 bits per heavy atom. The molecule has 0 bridgehead atoms. The normalized spacial score (nSPS) is 10.2. The molecule has 0 aromatic carbocycles. The molecule has 6 heteroatoms. The number of methoxy groups -OCH3 is 1. The Hall–Kier alpha value is -0.810. The SMILES string of the molecule is COC(=O)CCNC(C)(C)C(=O)O.Cl. The fraction of sp³-hybridized carbons (Fsp3) is 0.750. The molecule has 0 amide bonds. The van der Waals surface area contributed by atoms with Crippen molar-refractivity contribution >= 4 is 24.3 Å². The predicted molar refractivity (Wildman–Crippen MR) is 53.6 cm³/mol. The standard InChI is InChI=1S/C8H15NO4.ClH/c1-8(2,7(11)12)9-5-4-6(10)13-3;/h9H,4-5H2,1-3H3,(H,11,12);1H. The number of hydrogen-bond acceptors (Lipinski definition) is 4. The number of carboxylic acid groups (broad SMARTS) is 1. The van der Waals surface area contributed by atoms with Gasteiger partial charge in [0.25, 0.3) is 0 Å². The maximum absolute atomic E-state index is 10.7. The van der Waals surface area contributed by atoms with Crippen molar-refractivity contribution < 1.29 is 19.4 Å². The zero-order chi connectivity index (χ0) is 10.5. The monoisotopic (exact) mass is 225 g/mol. The van der Waals surface area contributed by atoms with E-state index in [-0.39, 0.29) is 24.8 Å². The van der Waals surface area contributed by atoms with E-state index in [9.17, 15) is 9.59 Å². The Labute approximate surface area is 89.2 Å². The molecule has 2 N–H and O–H groups in total. The lowest BCUT2D eigenvalue weighted by Gasteiger charge is -2.20. The van der Waals surface area contributed by atoms with Gasteiger partial charge in [0.2, 0.25) is 0 Å². The minimum atomic E-state index is -1.01. The van der Waals surface area contributed by atoms with E-state index < -0.39 is 11.5 Å². The fourth-order valence-corrected chi connectivity index (χ4v) is 0.655. The number of aliphatic carboxylic acids is 1. The first-order valence-corrected chi connectivity index (χ1v) is 3.95. The van der Waals surface area contributed by atoms with Crippen LogP contribution in [0.4, 0.5) is 0 Å². The summed E-state index contributed by atoms with van der Waals surface area (Å²) in [6.45, 7) is 3.37. The van der Waals surface area contributed by atoms with Gasteiger partial charge in [-0.25, -0.2) is 0 Å². The minimum Gasteiger partial charge on any atom is -0.480 e. The van der Waals surface area contributed by atoms with E-state index in [0.717, 1.165) is 0 Å². The molecule has 0 atom stereocenters. The third kappa shape index (κ3) is 5.77. The number of esters is 1. The van der Waals surface area contributed by atoms with Crippen LogP contribution in [0.15, 0.2) is 0 Å². The number of hydrogen-bond donors (Lipinski definition) is 2. The first-order valence-electron chi connectivity index (χ1n) is 3.95. The van der Waals surface area contributed by atoms with E-state index in [2.05, 4.69) is 10.1 Å². The van der Waals surface area contributed by atoms with Crippen molar-refractivity contribution in [1.29, 1.82) is 0 Å². The molecule has 0 heterocycles. The van der Waals surface area contributed by atoms with Gasteiger partial charge in [-0.1, -0.05) is 0 Å². The molecule has 0 rings (SSSR count). The molecule has 0 aliphatic heterocycles. The van der Waals surface area contributed by atoms with Crippen molar-refractivity contribution in [2.75, 3.05) is 13.7 Å². The molecular formula is C8H16ClNO4. The largest absolute Gasteiger partial charge is 0.480 e. The molecule has 0 saturated carbocycles. The van der Waals surface area contributed by atoms with Crippen molar-refractivity contribution in [3.63, 3.8) is 0 Å². The van der Waals surface area contributed by atoms with Crippen LogP contribution < -0.4 is 5.32 Å². The number of carboxylic acids is 1. The third-order valence-electron chi connectivity index (χ3n) is 1.66. The van der Waals surface area contributed by atoms with Gasteiger partial charge in [0.1, 0.15) is 5.54 Å². The molecule has 0 unspecified atom stereocenters. The highest BCUT2D eigenvalue weighted by Crippen LogP contribution is 2.01. The summed E-state index contributed by atoms with van der Waals surface area (Å²) >= 11 is 0. The summed E-state index contributed by atoms with van der Waals surface area (Å²) in [6, 6.07) is 0. The number of ether oxygens (including phenoxy) is 1. The van der Waals surface area contributed by atoms with E-state index in [0.29, 0.717) is 6.54 Å². The van der Waals surface area contributed by atoms with Gasteiger partial charge in [-0.3, -0.25) is 9.59 Å². The summed E-state index contributed by atoms with van der Waals surface area (Å²) in [6.07, 6.45) is 0.174. The maximum Gasteiger partial charge on any atom is 0.323 e. The predicted octanol–water partition coefficient (Wildman–Crippen LogP) is 0.424. The van der Waals surface area contributed by atoms with Crippen molar-refractivity contribution in [1.82, 2.24) is 5.32 Å². The highest BCUT2D eigenvalue weighted by atomic mass is 35.5. The van der Waals surface area contributed by atoms with Gasteiger partial charge in [-0.15, -0.1) is 12.4 Å². The molecule has 0 saturated heterocycles. The van der Waals surface area contributed by atoms with E-state index in [1.54, 1.807) is 0 Å². The first-order chi connectivity index (χ1) is 5.90. The molecule has 0 aliphatic carbocycles. The number of carbonyl (C=O) groups excluding carboxylic acids is 1. The summed E-state index contributed by atoms with van der Waals surface area (Å²) in [5, 5.41) is 11.4. The summed E-state index contributed by atoms with van der Waals surface area (Å²) in [5.74, 6) is -1.30. The molecule has 0 radical (unpaired) electrons. The second kappa shape index (κ2) is 6.62. The van der Waals surface area contributed by atoms with Gasteiger partial charge in [-0.05, 0) is 13.8 Å². The zero-order valence-corrected chi connectivity index (χ0v) is 9.31. The molecule has 0 aromatic heterocycles. The lowest BCUT2D eigenvalue weighted by atomic mass is 10.1. The van der Waals surface area contributed by atoms with Crippen LogP contribution in [0.3, 0.4) is 0 Å². The van der Waals surface area contributed by atoms with Crippen molar-refractivity contribution in [2.45, 2.75) is 25.8 Å². The van der Waals surface area contributed by atoms with Gasteiger partial charge >= 0.3 is 11.9 Å². The van der Waals surface area contributed by atoms with Crippen molar-refractivity contribution in [3.8, 4) is 0 Å². The highest BCUT2D eigenvalue weighted by Gasteiger charge is 2.25. The molecule has 0 aliphatic rings. The summed E-state index contributed by atoms with van der Waals surface area (Å²) in [7, 11) is 1.30. The first kappa shape index (κ1) is 15.7. The number of rotatable bonds is 5. The number of carbonyl (C=O) groups is 2. The van der Waals surface area contributed by atoms with Gasteiger partial charge < -0.3 is 15.2 Å². The smallest absolute Gasteiger partial charge is 0.323 e. The van der Waals surface area contributed by atoms with Crippen LogP contribution in [0, 0.1) is 0 Å². The molecule has 5 nitrogen and oxygen atoms in total. The summed E-state index contributed by atoms with van der Waals surface area (Å²) < 4.78 is 4.40. The van der Waals surface area contributed by atoms with Crippen LogP contribution in [0.5, 0.6) is 0 Å². The Kier molecular flexibility index (Phi) is 7.40.